The Kier molecular flexibility index (Phi) is 4.18. The zero-order valence-corrected chi connectivity index (χ0v) is 13.7. The van der Waals surface area contributed by atoms with E-state index >= 15 is 0 Å². The van der Waals surface area contributed by atoms with Gasteiger partial charge in [-0.1, -0.05) is 5.92 Å². The second kappa shape index (κ2) is 6.26. The predicted molar refractivity (Wildman–Crippen MR) is 88.4 cm³/mol. The van der Waals surface area contributed by atoms with E-state index in [0.29, 0.717) is 11.5 Å². The average Bonchev–Trinajstić information content (AvgIpc) is 3.11. The fourth-order valence-electron chi connectivity index (χ4n) is 1.92. The van der Waals surface area contributed by atoms with Crippen LogP contribution in [0.4, 0.5) is 0 Å². The lowest BCUT2D eigenvalue weighted by atomic mass is 10.2. The summed E-state index contributed by atoms with van der Waals surface area (Å²) in [6.07, 6.45) is 3.44. The van der Waals surface area contributed by atoms with Crippen molar-refractivity contribution in [3.63, 3.8) is 0 Å². The molecule has 4 nitrogen and oxygen atoms in total. The number of nitrogens with zero attached hydrogens (tertiary/aromatic N) is 2. The van der Waals surface area contributed by atoms with Crippen LogP contribution in [-0.2, 0) is 4.74 Å². The molecule has 0 amide bonds. The molecule has 0 radical (unpaired) electrons. The Labute approximate surface area is 135 Å². The molecular formula is C16H12N2O2S2. The molecule has 0 aliphatic rings. The van der Waals surface area contributed by atoms with Gasteiger partial charge in [0.2, 0.25) is 0 Å². The van der Waals surface area contributed by atoms with Gasteiger partial charge >= 0.3 is 5.97 Å². The highest BCUT2D eigenvalue weighted by molar-refractivity contribution is 7.20. The largest absolute Gasteiger partial charge is 0.462 e. The number of aryl methyl sites for hydroxylation is 1. The first-order valence-electron chi connectivity index (χ1n) is 6.66. The van der Waals surface area contributed by atoms with Crippen LogP contribution in [0.3, 0.4) is 0 Å². The molecule has 0 fully saturated rings. The number of fused-ring (bicyclic) bond motifs is 1. The van der Waals surface area contributed by atoms with E-state index in [1.807, 2.05) is 18.4 Å². The number of thiophene rings is 1. The van der Waals surface area contributed by atoms with Crippen molar-refractivity contribution in [1.82, 2.24) is 9.97 Å². The van der Waals surface area contributed by atoms with Gasteiger partial charge in [0.05, 0.1) is 21.9 Å². The zero-order chi connectivity index (χ0) is 15.5. The molecule has 0 unspecified atom stereocenters. The molecule has 0 bridgehead atoms. The highest BCUT2D eigenvalue weighted by Gasteiger charge is 2.12. The van der Waals surface area contributed by atoms with Crippen LogP contribution in [-0.4, -0.2) is 22.5 Å². The Hall–Kier alpha value is -2.23. The van der Waals surface area contributed by atoms with Gasteiger partial charge in [-0.15, -0.1) is 22.7 Å². The van der Waals surface area contributed by atoms with Gasteiger partial charge in [0.15, 0.2) is 0 Å². The van der Waals surface area contributed by atoms with E-state index < -0.39 is 0 Å². The SMILES string of the molecule is CCOC(=O)c1cc2c(C#Cc3csc(C)n3)cncc2s1. The fraction of sp³-hybridized carbons (Fsp3) is 0.188. The van der Waals surface area contributed by atoms with Crippen molar-refractivity contribution in [2.75, 3.05) is 6.61 Å². The van der Waals surface area contributed by atoms with Gasteiger partial charge < -0.3 is 4.74 Å². The number of hydrogen-bond donors (Lipinski definition) is 0. The minimum atomic E-state index is -0.308. The van der Waals surface area contributed by atoms with Crippen molar-refractivity contribution in [3.05, 3.63) is 45.0 Å². The highest BCUT2D eigenvalue weighted by atomic mass is 32.1. The van der Waals surface area contributed by atoms with Gasteiger partial charge in [0.25, 0.3) is 0 Å². The second-order valence-corrected chi connectivity index (χ2v) is 6.58. The molecule has 0 saturated carbocycles. The number of esters is 1. The van der Waals surface area contributed by atoms with Crippen molar-refractivity contribution >= 4 is 38.7 Å². The predicted octanol–water partition coefficient (Wildman–Crippen LogP) is 3.64. The van der Waals surface area contributed by atoms with Gasteiger partial charge in [-0.05, 0) is 25.8 Å². The molecule has 0 saturated heterocycles. The Bertz CT molecular complexity index is 900. The molecule has 3 aromatic rings. The van der Waals surface area contributed by atoms with Crippen LogP contribution in [0.1, 0.15) is 32.9 Å². The first-order valence-corrected chi connectivity index (χ1v) is 8.36. The van der Waals surface area contributed by atoms with Crippen molar-refractivity contribution in [1.29, 1.82) is 0 Å². The maximum Gasteiger partial charge on any atom is 0.348 e. The standard InChI is InChI=1S/C16H12N2O2S2/c1-3-20-16(19)14-6-13-11(7-17-8-15(13)22-14)4-5-12-9-21-10(2)18-12/h6-9H,3H2,1-2H3. The van der Waals surface area contributed by atoms with Crippen molar-refractivity contribution < 1.29 is 9.53 Å². The molecule has 0 aliphatic heterocycles. The third-order valence-electron chi connectivity index (χ3n) is 2.87. The molecule has 3 rings (SSSR count). The quantitative estimate of drug-likeness (QED) is 0.532. The molecule has 0 spiro atoms. The molecule has 0 N–H and O–H groups in total. The Balaban J connectivity index is 2.00. The van der Waals surface area contributed by atoms with Crippen molar-refractivity contribution in [3.8, 4) is 11.8 Å². The molecule has 6 heteroatoms. The van der Waals surface area contributed by atoms with E-state index in [2.05, 4.69) is 21.8 Å². The molecule has 0 atom stereocenters. The Morgan fingerprint density at radius 1 is 1.36 bits per heavy atom. The van der Waals surface area contributed by atoms with Crippen LogP contribution in [0, 0.1) is 18.8 Å². The summed E-state index contributed by atoms with van der Waals surface area (Å²) < 4.78 is 5.96. The van der Waals surface area contributed by atoms with Crippen molar-refractivity contribution in [2.24, 2.45) is 0 Å². The van der Waals surface area contributed by atoms with E-state index in [1.165, 1.54) is 11.3 Å². The monoisotopic (exact) mass is 328 g/mol. The molecule has 0 aliphatic carbocycles. The number of carbonyl (C=O) groups excluding carboxylic acids is 1. The summed E-state index contributed by atoms with van der Waals surface area (Å²) in [5, 5.41) is 3.83. The van der Waals surface area contributed by atoms with Crippen LogP contribution >= 0.6 is 22.7 Å². The van der Waals surface area contributed by atoms with Gasteiger partial charge in [0.1, 0.15) is 10.6 Å². The minimum Gasteiger partial charge on any atom is -0.462 e. The summed E-state index contributed by atoms with van der Waals surface area (Å²) in [6, 6.07) is 1.82. The smallest absolute Gasteiger partial charge is 0.348 e. The van der Waals surface area contributed by atoms with Gasteiger partial charge in [0, 0.05) is 23.2 Å². The van der Waals surface area contributed by atoms with Crippen LogP contribution in [0.2, 0.25) is 0 Å². The van der Waals surface area contributed by atoms with E-state index in [1.54, 1.807) is 30.7 Å². The number of pyridine rings is 1. The highest BCUT2D eigenvalue weighted by Crippen LogP contribution is 2.27. The van der Waals surface area contributed by atoms with E-state index in [0.717, 1.165) is 26.4 Å². The van der Waals surface area contributed by atoms with E-state index in [-0.39, 0.29) is 5.97 Å². The lowest BCUT2D eigenvalue weighted by Gasteiger charge is -1.95. The lowest BCUT2D eigenvalue weighted by molar-refractivity contribution is 0.0532. The normalized spacial score (nSPS) is 10.3. The molecule has 110 valence electrons. The van der Waals surface area contributed by atoms with Gasteiger partial charge in [-0.2, -0.15) is 0 Å². The maximum atomic E-state index is 11.8. The molecule has 22 heavy (non-hydrogen) atoms. The molecule has 0 aromatic carbocycles. The first-order chi connectivity index (χ1) is 10.7. The maximum absolute atomic E-state index is 11.8. The minimum absolute atomic E-state index is 0.308. The van der Waals surface area contributed by atoms with E-state index in [9.17, 15) is 4.79 Å². The first kappa shape index (κ1) is 14.7. The summed E-state index contributed by atoms with van der Waals surface area (Å²) in [5.74, 6) is 5.82. The second-order valence-electron chi connectivity index (χ2n) is 4.43. The van der Waals surface area contributed by atoms with Crippen molar-refractivity contribution in [2.45, 2.75) is 13.8 Å². The topological polar surface area (TPSA) is 52.1 Å². The summed E-state index contributed by atoms with van der Waals surface area (Å²) >= 11 is 2.94. The third-order valence-corrected chi connectivity index (χ3v) is 4.69. The summed E-state index contributed by atoms with van der Waals surface area (Å²) in [7, 11) is 0. The van der Waals surface area contributed by atoms with Gasteiger partial charge in [-0.25, -0.2) is 9.78 Å². The molecular weight excluding hydrogens is 316 g/mol. The number of rotatable bonds is 2. The van der Waals surface area contributed by atoms with Crippen LogP contribution in [0.15, 0.2) is 23.8 Å². The number of ether oxygens (including phenoxy) is 1. The van der Waals surface area contributed by atoms with Gasteiger partial charge in [-0.3, -0.25) is 4.98 Å². The van der Waals surface area contributed by atoms with Crippen LogP contribution < -0.4 is 0 Å². The van der Waals surface area contributed by atoms with Crippen LogP contribution in [0.5, 0.6) is 0 Å². The summed E-state index contributed by atoms with van der Waals surface area (Å²) in [5.41, 5.74) is 1.54. The number of carbonyl (C=O) groups is 1. The van der Waals surface area contributed by atoms with E-state index in [4.69, 9.17) is 4.74 Å². The fourth-order valence-corrected chi connectivity index (χ4v) is 3.41. The average molecular weight is 328 g/mol. The zero-order valence-electron chi connectivity index (χ0n) is 12.0. The Morgan fingerprint density at radius 3 is 2.95 bits per heavy atom. The third kappa shape index (κ3) is 3.01. The lowest BCUT2D eigenvalue weighted by Crippen LogP contribution is -2.01. The number of aromatic nitrogens is 2. The number of thiazole rings is 1. The summed E-state index contributed by atoms with van der Waals surface area (Å²) in [6.45, 7) is 4.10. The summed E-state index contributed by atoms with van der Waals surface area (Å²) in [4.78, 5) is 20.9. The molecule has 3 aromatic heterocycles. The number of hydrogen-bond acceptors (Lipinski definition) is 6. The molecule has 3 heterocycles. The Morgan fingerprint density at radius 2 is 2.23 bits per heavy atom. The van der Waals surface area contributed by atoms with Crippen LogP contribution in [0.25, 0.3) is 10.1 Å².